The Bertz CT molecular complexity index is 313. The predicted molar refractivity (Wildman–Crippen MR) is 62.9 cm³/mol. The summed E-state index contributed by atoms with van der Waals surface area (Å²) in [7, 11) is 0. The highest BCUT2D eigenvalue weighted by Crippen LogP contribution is 2.53. The molecule has 0 bridgehead atoms. The Morgan fingerprint density at radius 3 is 2.73 bits per heavy atom. The van der Waals surface area contributed by atoms with E-state index < -0.39 is 0 Å². The molecule has 0 spiro atoms. The molecule has 1 aliphatic carbocycles. The van der Waals surface area contributed by atoms with Gasteiger partial charge < -0.3 is 5.32 Å². The van der Waals surface area contributed by atoms with Crippen LogP contribution in [-0.4, -0.2) is 13.1 Å². The molecule has 1 aromatic carbocycles. The van der Waals surface area contributed by atoms with Gasteiger partial charge in [0, 0.05) is 0 Å². The second-order valence-electron chi connectivity index (χ2n) is 5.02. The quantitative estimate of drug-likeness (QED) is 0.776. The summed E-state index contributed by atoms with van der Waals surface area (Å²) in [5, 5.41) is 3.53. The van der Waals surface area contributed by atoms with Gasteiger partial charge in [0.05, 0.1) is 0 Å². The van der Waals surface area contributed by atoms with Gasteiger partial charge in [0.1, 0.15) is 0 Å². The summed E-state index contributed by atoms with van der Waals surface area (Å²) in [5.41, 5.74) is 1.56. The van der Waals surface area contributed by atoms with Crippen molar-refractivity contribution >= 4 is 0 Å². The molecular formula is C14H19N. The van der Waals surface area contributed by atoms with Crippen molar-refractivity contribution in [2.45, 2.75) is 25.2 Å². The van der Waals surface area contributed by atoms with Crippen LogP contribution < -0.4 is 5.32 Å². The Balaban J connectivity index is 1.64. The molecule has 80 valence electrons. The lowest BCUT2D eigenvalue weighted by atomic mass is 9.92. The number of hydrogen-bond donors (Lipinski definition) is 1. The van der Waals surface area contributed by atoms with E-state index in [2.05, 4.69) is 35.6 Å². The minimum atomic E-state index is 0.871. The summed E-state index contributed by atoms with van der Waals surface area (Å²) in [5.74, 6) is 2.79. The second kappa shape index (κ2) is 3.97. The molecule has 1 N–H and O–H groups in total. The van der Waals surface area contributed by atoms with Crippen LogP contribution in [0.2, 0.25) is 0 Å². The van der Waals surface area contributed by atoms with Crippen LogP contribution in [0.4, 0.5) is 0 Å². The molecule has 2 fully saturated rings. The number of hydrogen-bond acceptors (Lipinski definition) is 1. The van der Waals surface area contributed by atoms with Crippen LogP contribution in [0.1, 0.15) is 30.7 Å². The highest BCUT2D eigenvalue weighted by Gasteiger charge is 2.43. The van der Waals surface area contributed by atoms with Gasteiger partial charge in [-0.05, 0) is 55.7 Å². The van der Waals surface area contributed by atoms with E-state index in [0.717, 1.165) is 17.8 Å². The second-order valence-corrected chi connectivity index (χ2v) is 5.02. The van der Waals surface area contributed by atoms with Crippen LogP contribution in [-0.2, 0) is 0 Å². The first-order chi connectivity index (χ1) is 7.45. The molecule has 1 heterocycles. The van der Waals surface area contributed by atoms with Crippen molar-refractivity contribution in [1.82, 2.24) is 5.32 Å². The van der Waals surface area contributed by atoms with Crippen molar-refractivity contribution in [3.63, 3.8) is 0 Å². The Labute approximate surface area is 91.9 Å². The van der Waals surface area contributed by atoms with Gasteiger partial charge in [-0.2, -0.15) is 0 Å². The smallest absolute Gasteiger partial charge is 0.00176 e. The van der Waals surface area contributed by atoms with Gasteiger partial charge in [-0.15, -0.1) is 0 Å². The zero-order valence-electron chi connectivity index (χ0n) is 9.15. The van der Waals surface area contributed by atoms with Crippen molar-refractivity contribution in [2.24, 2.45) is 11.8 Å². The lowest BCUT2D eigenvalue weighted by Gasteiger charge is -2.22. The molecule has 1 aromatic rings. The van der Waals surface area contributed by atoms with Crippen molar-refractivity contribution < 1.29 is 0 Å². The van der Waals surface area contributed by atoms with Gasteiger partial charge in [-0.3, -0.25) is 0 Å². The fraction of sp³-hybridized carbons (Fsp3) is 0.571. The van der Waals surface area contributed by atoms with Gasteiger partial charge in [0.15, 0.2) is 0 Å². The average molecular weight is 201 g/mol. The maximum atomic E-state index is 3.53. The van der Waals surface area contributed by atoms with Crippen LogP contribution in [0.3, 0.4) is 0 Å². The van der Waals surface area contributed by atoms with Gasteiger partial charge in [0.25, 0.3) is 0 Å². The molecule has 15 heavy (non-hydrogen) atoms. The first-order valence-electron chi connectivity index (χ1n) is 6.21. The van der Waals surface area contributed by atoms with E-state index in [1.165, 1.54) is 32.4 Å². The normalized spacial score (nSPS) is 35.1. The van der Waals surface area contributed by atoms with Crippen molar-refractivity contribution in [2.75, 3.05) is 13.1 Å². The molecule has 0 radical (unpaired) electrons. The van der Waals surface area contributed by atoms with Crippen LogP contribution in [0.5, 0.6) is 0 Å². The predicted octanol–water partition coefficient (Wildman–Crippen LogP) is 2.79. The molecule has 1 aliphatic heterocycles. The molecule has 1 heteroatoms. The number of rotatable bonds is 2. The zero-order chi connectivity index (χ0) is 10.1. The van der Waals surface area contributed by atoms with Crippen LogP contribution >= 0.6 is 0 Å². The number of benzene rings is 1. The van der Waals surface area contributed by atoms with Gasteiger partial charge in [0.2, 0.25) is 0 Å². The molecule has 0 aromatic heterocycles. The largest absolute Gasteiger partial charge is 0.316 e. The topological polar surface area (TPSA) is 12.0 Å². The summed E-state index contributed by atoms with van der Waals surface area (Å²) in [6.45, 7) is 2.49. The average Bonchev–Trinajstić information content (AvgIpc) is 3.11. The van der Waals surface area contributed by atoms with Crippen molar-refractivity contribution in [3.05, 3.63) is 35.9 Å². The van der Waals surface area contributed by atoms with Gasteiger partial charge in [-0.1, -0.05) is 30.3 Å². The van der Waals surface area contributed by atoms with Gasteiger partial charge in [-0.25, -0.2) is 0 Å². The number of nitrogens with one attached hydrogen (secondary N) is 1. The van der Waals surface area contributed by atoms with E-state index in [1.807, 2.05) is 0 Å². The summed E-state index contributed by atoms with van der Waals surface area (Å²) in [6.07, 6.45) is 4.25. The molecule has 1 nitrogen and oxygen atoms in total. The lowest BCUT2D eigenvalue weighted by Crippen LogP contribution is -2.31. The molecule has 1 saturated heterocycles. The third-order valence-electron chi connectivity index (χ3n) is 4.01. The number of piperidine rings is 1. The molecule has 3 unspecified atom stereocenters. The molecule has 2 aliphatic rings. The molecule has 1 saturated carbocycles. The highest BCUT2D eigenvalue weighted by molar-refractivity contribution is 5.26. The minimum absolute atomic E-state index is 0.871. The minimum Gasteiger partial charge on any atom is -0.316 e. The fourth-order valence-electron chi connectivity index (χ4n) is 3.06. The summed E-state index contributed by atoms with van der Waals surface area (Å²) >= 11 is 0. The Morgan fingerprint density at radius 1 is 1.13 bits per heavy atom. The van der Waals surface area contributed by atoms with Crippen molar-refractivity contribution in [1.29, 1.82) is 0 Å². The van der Waals surface area contributed by atoms with Crippen LogP contribution in [0.15, 0.2) is 30.3 Å². The summed E-state index contributed by atoms with van der Waals surface area (Å²) in [4.78, 5) is 0. The van der Waals surface area contributed by atoms with E-state index in [4.69, 9.17) is 0 Å². The first-order valence-corrected chi connectivity index (χ1v) is 6.21. The third kappa shape index (κ3) is 1.93. The maximum Gasteiger partial charge on any atom is -0.00176 e. The Kier molecular flexibility index (Phi) is 2.49. The monoisotopic (exact) mass is 201 g/mol. The molecule has 0 amide bonds. The van der Waals surface area contributed by atoms with E-state index in [1.54, 1.807) is 5.56 Å². The molecular weight excluding hydrogens is 182 g/mol. The fourth-order valence-corrected chi connectivity index (χ4v) is 3.06. The van der Waals surface area contributed by atoms with Crippen LogP contribution in [0.25, 0.3) is 0 Å². The Morgan fingerprint density at radius 2 is 2.00 bits per heavy atom. The zero-order valence-corrected chi connectivity index (χ0v) is 9.15. The third-order valence-corrected chi connectivity index (χ3v) is 4.01. The Hall–Kier alpha value is -0.820. The molecule has 3 atom stereocenters. The van der Waals surface area contributed by atoms with Crippen molar-refractivity contribution in [3.8, 4) is 0 Å². The first kappa shape index (κ1) is 9.41. The van der Waals surface area contributed by atoms with E-state index >= 15 is 0 Å². The van der Waals surface area contributed by atoms with E-state index in [0.29, 0.717) is 0 Å². The summed E-state index contributed by atoms with van der Waals surface area (Å²) in [6, 6.07) is 11.0. The maximum absolute atomic E-state index is 3.53. The van der Waals surface area contributed by atoms with E-state index in [9.17, 15) is 0 Å². The van der Waals surface area contributed by atoms with E-state index in [-0.39, 0.29) is 0 Å². The van der Waals surface area contributed by atoms with Crippen LogP contribution in [0, 0.1) is 11.8 Å². The highest BCUT2D eigenvalue weighted by atomic mass is 14.9. The summed E-state index contributed by atoms with van der Waals surface area (Å²) < 4.78 is 0. The molecule has 3 rings (SSSR count). The SMILES string of the molecule is c1ccc(C2CC2C2CCCNC2)cc1. The van der Waals surface area contributed by atoms with Gasteiger partial charge >= 0.3 is 0 Å². The lowest BCUT2D eigenvalue weighted by molar-refractivity contribution is 0.337. The standard InChI is InChI=1S/C14H19N/c1-2-5-11(6-3-1)13-9-14(13)12-7-4-8-15-10-12/h1-3,5-6,12-15H,4,7-10H2.